The monoisotopic (exact) mass is 344 g/mol. The van der Waals surface area contributed by atoms with Crippen molar-refractivity contribution < 1.29 is 9.47 Å². The van der Waals surface area contributed by atoms with Crippen LogP contribution in [0.3, 0.4) is 0 Å². The molecular weight excluding hydrogens is 332 g/mol. The molecule has 106 valence electrons. The van der Waals surface area contributed by atoms with Crippen LogP contribution in [-0.4, -0.2) is 17.1 Å². The van der Waals surface area contributed by atoms with Crippen LogP contribution >= 0.6 is 15.9 Å². The summed E-state index contributed by atoms with van der Waals surface area (Å²) in [7, 11) is 1.65. The van der Waals surface area contributed by atoms with Crippen molar-refractivity contribution in [2.75, 3.05) is 7.11 Å². The lowest BCUT2D eigenvalue weighted by Crippen LogP contribution is -1.97. The molecule has 0 saturated carbocycles. The van der Waals surface area contributed by atoms with Crippen LogP contribution < -0.4 is 9.47 Å². The van der Waals surface area contributed by atoms with Gasteiger partial charge < -0.3 is 9.47 Å². The Morgan fingerprint density at radius 1 is 1.14 bits per heavy atom. The highest BCUT2D eigenvalue weighted by atomic mass is 79.9. The van der Waals surface area contributed by atoms with Crippen molar-refractivity contribution in [3.8, 4) is 11.5 Å². The number of methoxy groups -OCH3 is 1. The second kappa shape index (κ2) is 6.10. The molecule has 21 heavy (non-hydrogen) atoms. The second-order valence-electron chi connectivity index (χ2n) is 4.50. The molecule has 5 heteroatoms. The predicted molar refractivity (Wildman–Crippen MR) is 84.6 cm³/mol. The number of hydrogen-bond donors (Lipinski definition) is 0. The lowest BCUT2D eigenvalue weighted by molar-refractivity contribution is 0.309. The van der Waals surface area contributed by atoms with Crippen molar-refractivity contribution >= 4 is 26.8 Å². The number of fused-ring (bicyclic) bond motifs is 1. The van der Waals surface area contributed by atoms with Crippen molar-refractivity contribution in [2.24, 2.45) is 0 Å². The molecule has 4 nitrogen and oxygen atoms in total. The third-order valence-electron chi connectivity index (χ3n) is 3.11. The highest BCUT2D eigenvalue weighted by molar-refractivity contribution is 9.10. The number of aromatic nitrogens is 2. The van der Waals surface area contributed by atoms with Crippen molar-refractivity contribution in [3.05, 3.63) is 59.0 Å². The second-order valence-corrected chi connectivity index (χ2v) is 5.41. The molecule has 0 N–H and O–H groups in total. The number of halogens is 1. The molecule has 1 aromatic heterocycles. The smallest absolute Gasteiger partial charge is 0.131 e. The summed E-state index contributed by atoms with van der Waals surface area (Å²) < 4.78 is 12.0. The Balaban J connectivity index is 1.84. The van der Waals surface area contributed by atoms with Crippen LogP contribution in [0, 0.1) is 0 Å². The van der Waals surface area contributed by atoms with Crippen LogP contribution in [0.2, 0.25) is 0 Å². The minimum Gasteiger partial charge on any atom is -0.497 e. The molecule has 0 radical (unpaired) electrons. The fourth-order valence-electron chi connectivity index (χ4n) is 2.02. The van der Waals surface area contributed by atoms with E-state index in [0.717, 1.165) is 32.4 Å². The van der Waals surface area contributed by atoms with Gasteiger partial charge in [-0.25, -0.2) is 9.97 Å². The minimum absolute atomic E-state index is 0.477. The summed E-state index contributed by atoms with van der Waals surface area (Å²) in [5.41, 5.74) is 1.92. The van der Waals surface area contributed by atoms with E-state index in [1.807, 2.05) is 36.4 Å². The van der Waals surface area contributed by atoms with Gasteiger partial charge in [-0.15, -0.1) is 0 Å². The summed E-state index contributed by atoms with van der Waals surface area (Å²) in [6.07, 6.45) is 3.29. The maximum absolute atomic E-state index is 5.91. The van der Waals surface area contributed by atoms with Crippen LogP contribution in [-0.2, 0) is 6.61 Å². The molecule has 0 atom stereocenters. The minimum atomic E-state index is 0.477. The molecule has 1 heterocycles. The first kappa shape index (κ1) is 13.8. The Morgan fingerprint density at radius 2 is 1.95 bits per heavy atom. The van der Waals surface area contributed by atoms with Crippen molar-refractivity contribution in [1.29, 1.82) is 0 Å². The zero-order valence-corrected chi connectivity index (χ0v) is 13.0. The van der Waals surface area contributed by atoms with Gasteiger partial charge in [0.2, 0.25) is 0 Å². The van der Waals surface area contributed by atoms with Gasteiger partial charge in [0.25, 0.3) is 0 Å². The van der Waals surface area contributed by atoms with E-state index in [9.17, 15) is 0 Å². The number of ether oxygens (including phenoxy) is 2. The first-order valence-electron chi connectivity index (χ1n) is 6.41. The summed E-state index contributed by atoms with van der Waals surface area (Å²) in [4.78, 5) is 8.30. The van der Waals surface area contributed by atoms with Crippen LogP contribution in [0.15, 0.2) is 53.4 Å². The van der Waals surface area contributed by atoms with E-state index in [0.29, 0.717) is 6.61 Å². The van der Waals surface area contributed by atoms with Gasteiger partial charge in [0.1, 0.15) is 24.4 Å². The van der Waals surface area contributed by atoms with Crippen LogP contribution in [0.5, 0.6) is 11.5 Å². The zero-order chi connectivity index (χ0) is 14.7. The summed E-state index contributed by atoms with van der Waals surface area (Å²) in [5, 5.41) is 0.897. The van der Waals surface area contributed by atoms with Gasteiger partial charge in [0.05, 0.1) is 18.0 Å². The molecular formula is C16H13BrN2O2. The molecule has 0 spiro atoms. The normalized spacial score (nSPS) is 10.6. The van der Waals surface area contributed by atoms with Crippen LogP contribution in [0.1, 0.15) is 5.56 Å². The SMILES string of the molecule is COc1ccc(COc2cc(Br)cc3ncncc23)cc1. The first-order chi connectivity index (χ1) is 10.3. The van der Waals surface area contributed by atoms with Crippen molar-refractivity contribution in [2.45, 2.75) is 6.61 Å². The van der Waals surface area contributed by atoms with E-state index in [1.54, 1.807) is 13.3 Å². The number of nitrogens with zero attached hydrogens (tertiary/aromatic N) is 2. The molecule has 2 aromatic carbocycles. The lowest BCUT2D eigenvalue weighted by atomic mass is 10.2. The zero-order valence-electron chi connectivity index (χ0n) is 11.4. The molecule has 0 aliphatic rings. The lowest BCUT2D eigenvalue weighted by Gasteiger charge is -2.10. The third kappa shape index (κ3) is 3.13. The predicted octanol–water partition coefficient (Wildman–Crippen LogP) is 3.98. The van der Waals surface area contributed by atoms with E-state index < -0.39 is 0 Å². The fourth-order valence-corrected chi connectivity index (χ4v) is 2.45. The highest BCUT2D eigenvalue weighted by Gasteiger charge is 2.06. The molecule has 0 bridgehead atoms. The Bertz CT molecular complexity index is 760. The van der Waals surface area contributed by atoms with Crippen LogP contribution in [0.25, 0.3) is 10.9 Å². The quantitative estimate of drug-likeness (QED) is 0.718. The average Bonchev–Trinajstić information content (AvgIpc) is 2.53. The topological polar surface area (TPSA) is 44.2 Å². The van der Waals surface area contributed by atoms with E-state index in [2.05, 4.69) is 25.9 Å². The number of benzene rings is 2. The van der Waals surface area contributed by atoms with Crippen molar-refractivity contribution in [3.63, 3.8) is 0 Å². The molecule has 0 unspecified atom stereocenters. The first-order valence-corrected chi connectivity index (χ1v) is 7.20. The third-order valence-corrected chi connectivity index (χ3v) is 3.56. The van der Waals surface area contributed by atoms with E-state index in [-0.39, 0.29) is 0 Å². The average molecular weight is 345 g/mol. The number of hydrogen-bond acceptors (Lipinski definition) is 4. The van der Waals surface area contributed by atoms with Gasteiger partial charge in [-0.1, -0.05) is 28.1 Å². The van der Waals surface area contributed by atoms with Gasteiger partial charge >= 0.3 is 0 Å². The summed E-state index contributed by atoms with van der Waals surface area (Å²) in [6, 6.07) is 11.7. The van der Waals surface area contributed by atoms with E-state index in [1.165, 1.54) is 6.33 Å². The van der Waals surface area contributed by atoms with Gasteiger partial charge in [-0.2, -0.15) is 0 Å². The van der Waals surface area contributed by atoms with Gasteiger partial charge in [0, 0.05) is 10.7 Å². The highest BCUT2D eigenvalue weighted by Crippen LogP contribution is 2.29. The summed E-state index contributed by atoms with van der Waals surface area (Å²) in [5.74, 6) is 1.59. The fraction of sp³-hybridized carbons (Fsp3) is 0.125. The van der Waals surface area contributed by atoms with Gasteiger partial charge in [-0.3, -0.25) is 0 Å². The molecule has 0 aliphatic heterocycles. The van der Waals surface area contributed by atoms with Crippen LogP contribution in [0.4, 0.5) is 0 Å². The molecule has 3 aromatic rings. The van der Waals surface area contributed by atoms with Crippen molar-refractivity contribution in [1.82, 2.24) is 9.97 Å². The summed E-state index contributed by atoms with van der Waals surface area (Å²) in [6.45, 7) is 0.477. The standard InChI is InChI=1S/C16H13BrN2O2/c1-20-13-4-2-11(3-5-13)9-21-16-7-12(17)6-15-14(16)8-18-10-19-15/h2-8,10H,9H2,1H3. The number of rotatable bonds is 4. The molecule has 0 amide bonds. The van der Waals surface area contributed by atoms with E-state index in [4.69, 9.17) is 9.47 Å². The Hall–Kier alpha value is -2.14. The molecule has 0 aliphatic carbocycles. The van der Waals surface area contributed by atoms with E-state index >= 15 is 0 Å². The molecule has 0 fully saturated rings. The summed E-state index contributed by atoms with van der Waals surface area (Å²) >= 11 is 3.47. The maximum Gasteiger partial charge on any atom is 0.131 e. The van der Waals surface area contributed by atoms with Gasteiger partial charge in [-0.05, 0) is 29.8 Å². The Labute approximate surface area is 130 Å². The Morgan fingerprint density at radius 3 is 2.71 bits per heavy atom. The Kier molecular flexibility index (Phi) is 4.01. The molecule has 3 rings (SSSR count). The molecule has 0 saturated heterocycles. The van der Waals surface area contributed by atoms with Gasteiger partial charge in [0.15, 0.2) is 0 Å². The largest absolute Gasteiger partial charge is 0.497 e. The maximum atomic E-state index is 5.91.